The highest BCUT2D eigenvalue weighted by Crippen LogP contribution is 2.46. The number of hydrogen-bond acceptors (Lipinski definition) is 6. The lowest BCUT2D eigenvalue weighted by Gasteiger charge is -2.12. The van der Waals surface area contributed by atoms with Crippen molar-refractivity contribution < 1.29 is 4.79 Å². The van der Waals surface area contributed by atoms with Gasteiger partial charge in [0.1, 0.15) is 10.7 Å². The quantitative estimate of drug-likeness (QED) is 0.719. The van der Waals surface area contributed by atoms with E-state index in [2.05, 4.69) is 28.8 Å². The number of carbonyl (C=O) groups excluding carboxylic acids is 1. The summed E-state index contributed by atoms with van der Waals surface area (Å²) in [6.07, 6.45) is 5.45. The maximum atomic E-state index is 12.1. The molecule has 1 aliphatic rings. The molecule has 0 radical (unpaired) electrons. The lowest BCUT2D eigenvalue weighted by molar-refractivity contribution is 0.0957. The number of rotatable bonds is 7. The average Bonchev–Trinajstić information content (AvgIpc) is 3.10. The second kappa shape index (κ2) is 6.00. The Balaban J connectivity index is 1.93. The zero-order valence-electron chi connectivity index (χ0n) is 11.3. The second-order valence-electron chi connectivity index (χ2n) is 4.73. The predicted molar refractivity (Wildman–Crippen MR) is 83.1 cm³/mol. The summed E-state index contributed by atoms with van der Waals surface area (Å²) in [7, 11) is 0. The number of aromatic nitrogens is 1. The molecule has 0 saturated heterocycles. The van der Waals surface area contributed by atoms with Crippen molar-refractivity contribution >= 4 is 40.0 Å². The number of nitrogens with zero attached hydrogens (tertiary/aromatic N) is 1. The van der Waals surface area contributed by atoms with Crippen molar-refractivity contribution in [2.75, 3.05) is 30.4 Å². The van der Waals surface area contributed by atoms with Crippen molar-refractivity contribution in [3.05, 3.63) is 4.88 Å². The molecule has 5 nitrogen and oxygen atoms in total. The Labute approximate surface area is 121 Å². The van der Waals surface area contributed by atoms with Crippen LogP contribution in [0.25, 0.3) is 0 Å². The molecule has 1 heterocycles. The number of nitrogen functional groups attached to an aromatic ring is 1. The molecule has 106 valence electrons. The van der Waals surface area contributed by atoms with Crippen LogP contribution in [-0.4, -0.2) is 35.0 Å². The molecule has 1 amide bonds. The van der Waals surface area contributed by atoms with Crippen molar-refractivity contribution in [2.24, 2.45) is 0 Å². The van der Waals surface area contributed by atoms with E-state index in [1.54, 1.807) is 0 Å². The molecule has 0 aliphatic heterocycles. The van der Waals surface area contributed by atoms with Gasteiger partial charge in [-0.05, 0) is 25.5 Å². The van der Waals surface area contributed by atoms with Gasteiger partial charge < -0.3 is 16.4 Å². The predicted octanol–water partition coefficient (Wildman–Crippen LogP) is 2.17. The van der Waals surface area contributed by atoms with Gasteiger partial charge in [-0.1, -0.05) is 18.3 Å². The summed E-state index contributed by atoms with van der Waals surface area (Å²) in [5.74, 6) is 0.204. The molecule has 19 heavy (non-hydrogen) atoms. The fourth-order valence-corrected chi connectivity index (χ4v) is 3.27. The van der Waals surface area contributed by atoms with E-state index >= 15 is 0 Å². The van der Waals surface area contributed by atoms with Gasteiger partial charge in [0.2, 0.25) is 0 Å². The topological polar surface area (TPSA) is 80.0 Å². The first-order chi connectivity index (χ1) is 9.10. The Bertz CT molecular complexity index is 457. The Morgan fingerprint density at radius 1 is 1.58 bits per heavy atom. The van der Waals surface area contributed by atoms with E-state index in [0.717, 1.165) is 18.1 Å². The number of thiazole rings is 1. The third-order valence-electron chi connectivity index (χ3n) is 3.20. The van der Waals surface area contributed by atoms with Gasteiger partial charge >= 0.3 is 0 Å². The van der Waals surface area contributed by atoms with Crippen LogP contribution in [0.5, 0.6) is 0 Å². The van der Waals surface area contributed by atoms with Crippen molar-refractivity contribution in [1.82, 2.24) is 10.3 Å². The van der Waals surface area contributed by atoms with Gasteiger partial charge in [-0.15, -0.1) is 0 Å². The third-order valence-corrected chi connectivity index (χ3v) is 5.64. The molecule has 0 aromatic carbocycles. The second-order valence-corrected chi connectivity index (χ2v) is 7.00. The highest BCUT2D eigenvalue weighted by Gasteiger charge is 2.42. The zero-order chi connectivity index (χ0) is 13.9. The molecule has 2 rings (SSSR count). The summed E-state index contributed by atoms with van der Waals surface area (Å²) in [6.45, 7) is 3.63. The van der Waals surface area contributed by atoms with Gasteiger partial charge in [0.05, 0.1) is 0 Å². The summed E-state index contributed by atoms with van der Waals surface area (Å²) >= 11 is 3.15. The van der Waals surface area contributed by atoms with E-state index in [4.69, 9.17) is 5.73 Å². The third kappa shape index (κ3) is 3.54. The highest BCUT2D eigenvalue weighted by molar-refractivity contribution is 8.00. The van der Waals surface area contributed by atoms with Gasteiger partial charge in [0.25, 0.3) is 5.91 Å². The molecular weight excluding hydrogens is 280 g/mol. The Hall–Kier alpha value is -0.950. The minimum Gasteiger partial charge on any atom is -0.382 e. The summed E-state index contributed by atoms with van der Waals surface area (Å²) < 4.78 is 0.262. The van der Waals surface area contributed by atoms with Gasteiger partial charge in [0.15, 0.2) is 5.13 Å². The van der Waals surface area contributed by atoms with Crippen LogP contribution in [0.15, 0.2) is 0 Å². The monoisotopic (exact) mass is 300 g/mol. The molecule has 1 fully saturated rings. The molecule has 0 spiro atoms. The number of carbonyl (C=O) groups is 1. The number of anilines is 2. The number of nitrogens with one attached hydrogen (secondary N) is 2. The van der Waals surface area contributed by atoms with Gasteiger partial charge in [-0.25, -0.2) is 4.98 Å². The molecule has 1 aliphatic carbocycles. The van der Waals surface area contributed by atoms with Crippen LogP contribution in [0.3, 0.4) is 0 Å². The molecule has 4 N–H and O–H groups in total. The summed E-state index contributed by atoms with van der Waals surface area (Å²) in [5, 5.41) is 6.83. The molecule has 1 aromatic rings. The van der Waals surface area contributed by atoms with Crippen LogP contribution in [0.1, 0.15) is 35.9 Å². The fourth-order valence-electron chi connectivity index (χ4n) is 1.72. The number of amides is 1. The Kier molecular flexibility index (Phi) is 4.57. The van der Waals surface area contributed by atoms with Crippen LogP contribution < -0.4 is 16.4 Å². The lowest BCUT2D eigenvalue weighted by atomic mass is 10.4. The molecule has 0 unspecified atom stereocenters. The SMILES string of the molecule is CCCNc1nc(N)c(C(=O)NCC2(SC)CC2)s1. The van der Waals surface area contributed by atoms with E-state index in [1.165, 1.54) is 24.2 Å². The van der Waals surface area contributed by atoms with Crippen molar-refractivity contribution in [1.29, 1.82) is 0 Å². The van der Waals surface area contributed by atoms with Crippen molar-refractivity contribution in [2.45, 2.75) is 30.9 Å². The lowest BCUT2D eigenvalue weighted by Crippen LogP contribution is -2.31. The maximum Gasteiger partial charge on any atom is 0.265 e. The maximum absolute atomic E-state index is 12.1. The molecule has 0 atom stereocenters. The largest absolute Gasteiger partial charge is 0.382 e. The van der Waals surface area contributed by atoms with E-state index in [-0.39, 0.29) is 10.7 Å². The van der Waals surface area contributed by atoms with E-state index in [9.17, 15) is 4.79 Å². The first-order valence-corrected chi connectivity index (χ1v) is 8.48. The minimum absolute atomic E-state index is 0.111. The standard InChI is InChI=1S/C12H20N4OS2/c1-3-6-14-11-16-9(13)8(19-11)10(17)15-7-12(18-2)4-5-12/h3-7,13H2,1-2H3,(H,14,16)(H,15,17). The van der Waals surface area contributed by atoms with Crippen LogP contribution in [0.2, 0.25) is 0 Å². The average molecular weight is 300 g/mol. The van der Waals surface area contributed by atoms with Crippen LogP contribution >= 0.6 is 23.1 Å². The smallest absolute Gasteiger partial charge is 0.265 e. The fraction of sp³-hybridized carbons (Fsp3) is 0.667. The minimum atomic E-state index is -0.111. The molecule has 1 saturated carbocycles. The van der Waals surface area contributed by atoms with E-state index < -0.39 is 0 Å². The molecule has 1 aromatic heterocycles. The van der Waals surface area contributed by atoms with Gasteiger partial charge in [-0.3, -0.25) is 4.79 Å². The normalized spacial score (nSPS) is 16.1. The summed E-state index contributed by atoms with van der Waals surface area (Å²) in [4.78, 5) is 16.8. The first-order valence-electron chi connectivity index (χ1n) is 6.44. The van der Waals surface area contributed by atoms with E-state index in [0.29, 0.717) is 17.2 Å². The molecule has 7 heteroatoms. The van der Waals surface area contributed by atoms with Crippen LogP contribution in [0, 0.1) is 0 Å². The number of hydrogen-bond donors (Lipinski definition) is 3. The van der Waals surface area contributed by atoms with Crippen LogP contribution in [0.4, 0.5) is 10.9 Å². The van der Waals surface area contributed by atoms with Gasteiger partial charge in [-0.2, -0.15) is 11.8 Å². The Morgan fingerprint density at radius 2 is 2.32 bits per heavy atom. The van der Waals surface area contributed by atoms with Crippen LogP contribution in [-0.2, 0) is 0 Å². The Morgan fingerprint density at radius 3 is 2.89 bits per heavy atom. The van der Waals surface area contributed by atoms with Crippen molar-refractivity contribution in [3.63, 3.8) is 0 Å². The van der Waals surface area contributed by atoms with Crippen molar-refractivity contribution in [3.8, 4) is 0 Å². The first kappa shape index (κ1) is 14.5. The highest BCUT2D eigenvalue weighted by atomic mass is 32.2. The zero-order valence-corrected chi connectivity index (χ0v) is 12.9. The number of thioether (sulfide) groups is 1. The summed E-state index contributed by atoms with van der Waals surface area (Å²) in [5.41, 5.74) is 5.79. The van der Waals surface area contributed by atoms with Gasteiger partial charge in [0, 0.05) is 17.8 Å². The number of nitrogens with two attached hydrogens (primary N) is 1. The molecular formula is C12H20N4OS2. The molecule has 0 bridgehead atoms. The van der Waals surface area contributed by atoms with E-state index in [1.807, 2.05) is 11.8 Å². The summed E-state index contributed by atoms with van der Waals surface area (Å²) in [6, 6.07) is 0.